The van der Waals surface area contributed by atoms with Gasteiger partial charge in [0.1, 0.15) is 18.8 Å². The Morgan fingerprint density at radius 2 is 1.81 bits per heavy atom. The van der Waals surface area contributed by atoms with E-state index in [1.54, 1.807) is 0 Å². The Bertz CT molecular complexity index is 683. The number of aryl methyl sites for hydroxylation is 1. The van der Waals surface area contributed by atoms with E-state index in [1.165, 1.54) is 11.1 Å². The summed E-state index contributed by atoms with van der Waals surface area (Å²) in [4.78, 5) is 17.4. The van der Waals surface area contributed by atoms with Crippen LogP contribution in [-0.2, 0) is 11.3 Å². The van der Waals surface area contributed by atoms with E-state index in [4.69, 9.17) is 9.47 Å². The molecule has 0 unspecified atom stereocenters. The lowest BCUT2D eigenvalue weighted by Crippen LogP contribution is -2.60. The molecule has 2 saturated heterocycles. The van der Waals surface area contributed by atoms with Crippen LogP contribution in [0.25, 0.3) is 0 Å². The molecule has 0 radical (unpaired) electrons. The lowest BCUT2D eigenvalue weighted by molar-refractivity contribution is -0.134. The molecular formula is C20H29N3O3. The second kappa shape index (κ2) is 7.08. The predicted molar refractivity (Wildman–Crippen MR) is 99.7 cm³/mol. The van der Waals surface area contributed by atoms with Gasteiger partial charge in [-0.2, -0.15) is 0 Å². The highest BCUT2D eigenvalue weighted by atomic mass is 16.6. The molecule has 142 valence electrons. The Labute approximate surface area is 155 Å². The predicted octanol–water partition coefficient (Wildman–Crippen LogP) is 1.55. The molecule has 4 rings (SSSR count). The number of nitrogens with zero attached hydrogens (tertiary/aromatic N) is 2. The Morgan fingerprint density at radius 1 is 1.12 bits per heavy atom. The van der Waals surface area contributed by atoms with E-state index in [2.05, 4.69) is 41.2 Å². The Hall–Kier alpha value is -1.79. The number of piperidine rings is 1. The van der Waals surface area contributed by atoms with E-state index in [-0.39, 0.29) is 11.4 Å². The Balaban J connectivity index is 1.45. The minimum atomic E-state index is -0.325. The fraction of sp³-hybridized carbons (Fsp3) is 0.650. The van der Waals surface area contributed by atoms with Gasteiger partial charge in [-0.3, -0.25) is 14.6 Å². The number of rotatable bonds is 2. The molecule has 0 aliphatic carbocycles. The van der Waals surface area contributed by atoms with Crippen LogP contribution in [0, 0.1) is 6.92 Å². The molecule has 3 aliphatic heterocycles. The van der Waals surface area contributed by atoms with Crippen molar-refractivity contribution < 1.29 is 14.3 Å². The summed E-state index contributed by atoms with van der Waals surface area (Å²) >= 11 is 0. The fourth-order valence-electron chi connectivity index (χ4n) is 4.40. The number of likely N-dealkylation sites (N-methyl/N-ethyl adjacent to an activating group) is 1. The molecule has 1 spiro atoms. The first-order valence-corrected chi connectivity index (χ1v) is 9.69. The summed E-state index contributed by atoms with van der Waals surface area (Å²) in [5.41, 5.74) is 2.19. The first kappa shape index (κ1) is 17.6. The maximum absolute atomic E-state index is 12.7. The lowest BCUT2D eigenvalue weighted by Gasteiger charge is -2.45. The summed E-state index contributed by atoms with van der Waals surface area (Å²) < 4.78 is 11.4. The highest BCUT2D eigenvalue weighted by Crippen LogP contribution is 2.35. The number of carbonyl (C=O) groups excluding carboxylic acids is 1. The average molecular weight is 359 g/mol. The van der Waals surface area contributed by atoms with Gasteiger partial charge in [0.05, 0.1) is 0 Å². The molecule has 3 aliphatic rings. The zero-order valence-electron chi connectivity index (χ0n) is 15.8. The number of likely N-dealkylation sites (tertiary alicyclic amines) is 1. The number of benzene rings is 1. The van der Waals surface area contributed by atoms with Crippen LogP contribution in [0.2, 0.25) is 0 Å². The topological polar surface area (TPSA) is 54.0 Å². The maximum Gasteiger partial charge on any atom is 0.240 e. The minimum Gasteiger partial charge on any atom is -0.486 e. The summed E-state index contributed by atoms with van der Waals surface area (Å²) in [5.74, 6) is 1.92. The molecule has 1 amide bonds. The smallest absolute Gasteiger partial charge is 0.240 e. The molecule has 6 heteroatoms. The van der Waals surface area contributed by atoms with E-state index in [1.807, 2.05) is 0 Å². The molecule has 0 bridgehead atoms. The summed E-state index contributed by atoms with van der Waals surface area (Å²) in [6, 6.07) is 4.21. The van der Waals surface area contributed by atoms with E-state index in [0.717, 1.165) is 63.5 Å². The molecule has 1 aromatic rings. The monoisotopic (exact) mass is 359 g/mol. The number of hydrogen-bond acceptors (Lipinski definition) is 5. The van der Waals surface area contributed by atoms with Crippen LogP contribution >= 0.6 is 0 Å². The summed E-state index contributed by atoms with van der Waals surface area (Å²) in [5, 5.41) is 3.11. The maximum atomic E-state index is 12.7. The third-order valence-corrected chi connectivity index (χ3v) is 6.19. The molecular weight excluding hydrogens is 330 g/mol. The zero-order valence-corrected chi connectivity index (χ0v) is 15.8. The van der Waals surface area contributed by atoms with Gasteiger partial charge in [0.25, 0.3) is 0 Å². The Kier molecular flexibility index (Phi) is 4.80. The third-order valence-electron chi connectivity index (χ3n) is 6.19. The molecule has 6 nitrogen and oxygen atoms in total. The summed E-state index contributed by atoms with van der Waals surface area (Å²) in [6.07, 6.45) is 2.81. The largest absolute Gasteiger partial charge is 0.486 e. The molecule has 0 aromatic heterocycles. The van der Waals surface area contributed by atoms with Crippen LogP contribution in [0.1, 0.15) is 30.4 Å². The van der Waals surface area contributed by atoms with Crippen LogP contribution in [0.3, 0.4) is 0 Å². The van der Waals surface area contributed by atoms with Crippen LogP contribution in [0.5, 0.6) is 11.5 Å². The number of hydrogen-bond donors (Lipinski definition) is 1. The van der Waals surface area contributed by atoms with Crippen molar-refractivity contribution in [1.82, 2.24) is 15.1 Å². The first-order chi connectivity index (χ1) is 12.6. The number of carbonyl (C=O) groups is 1. The summed E-state index contributed by atoms with van der Waals surface area (Å²) in [6.45, 7) is 7.91. The van der Waals surface area contributed by atoms with Gasteiger partial charge in [-0.1, -0.05) is 0 Å². The molecule has 0 saturated carbocycles. The van der Waals surface area contributed by atoms with Gasteiger partial charge in [0, 0.05) is 32.7 Å². The van der Waals surface area contributed by atoms with Crippen molar-refractivity contribution in [2.24, 2.45) is 0 Å². The zero-order chi connectivity index (χ0) is 18.1. The van der Waals surface area contributed by atoms with Crippen LogP contribution < -0.4 is 14.8 Å². The lowest BCUT2D eigenvalue weighted by atomic mass is 9.85. The molecule has 2 fully saturated rings. The van der Waals surface area contributed by atoms with Crippen LogP contribution in [0.4, 0.5) is 0 Å². The van der Waals surface area contributed by atoms with E-state index in [9.17, 15) is 4.79 Å². The number of fused-ring (bicyclic) bond motifs is 1. The SMILES string of the molecule is Cc1cc2c(cc1CN1CCC3(CC1)C(=O)NCCCN3C)OCCO2. The van der Waals surface area contributed by atoms with Crippen molar-refractivity contribution in [1.29, 1.82) is 0 Å². The number of amides is 1. The third kappa shape index (κ3) is 3.16. The van der Waals surface area contributed by atoms with E-state index >= 15 is 0 Å². The highest BCUT2D eigenvalue weighted by Gasteiger charge is 2.45. The highest BCUT2D eigenvalue weighted by molar-refractivity contribution is 5.86. The molecule has 1 aromatic carbocycles. The van der Waals surface area contributed by atoms with Gasteiger partial charge in [-0.25, -0.2) is 0 Å². The number of nitrogens with one attached hydrogen (secondary N) is 1. The van der Waals surface area contributed by atoms with E-state index in [0.29, 0.717) is 13.2 Å². The van der Waals surface area contributed by atoms with Crippen molar-refractivity contribution in [3.8, 4) is 11.5 Å². The standard InChI is InChI=1S/C20H29N3O3/c1-15-12-17-18(26-11-10-25-17)13-16(15)14-23-8-4-20(5-9-23)19(24)21-6-3-7-22(20)2/h12-13H,3-11,14H2,1-2H3,(H,21,24). The van der Waals surface area contributed by atoms with Crippen molar-refractivity contribution in [3.63, 3.8) is 0 Å². The van der Waals surface area contributed by atoms with Gasteiger partial charge in [0.2, 0.25) is 5.91 Å². The Morgan fingerprint density at radius 3 is 2.54 bits per heavy atom. The number of ether oxygens (including phenoxy) is 2. The van der Waals surface area contributed by atoms with E-state index < -0.39 is 0 Å². The van der Waals surface area contributed by atoms with Crippen LogP contribution in [0.15, 0.2) is 12.1 Å². The quantitative estimate of drug-likeness (QED) is 0.868. The van der Waals surface area contributed by atoms with Gasteiger partial charge < -0.3 is 14.8 Å². The molecule has 26 heavy (non-hydrogen) atoms. The van der Waals surface area contributed by atoms with Gasteiger partial charge in [-0.15, -0.1) is 0 Å². The van der Waals surface area contributed by atoms with Crippen LogP contribution in [-0.4, -0.2) is 67.7 Å². The normalized spacial score (nSPS) is 23.5. The van der Waals surface area contributed by atoms with Gasteiger partial charge >= 0.3 is 0 Å². The van der Waals surface area contributed by atoms with Gasteiger partial charge in [0.15, 0.2) is 11.5 Å². The minimum absolute atomic E-state index is 0.215. The fourth-order valence-corrected chi connectivity index (χ4v) is 4.40. The van der Waals surface area contributed by atoms with Crippen molar-refractivity contribution in [3.05, 3.63) is 23.3 Å². The average Bonchev–Trinajstić information content (AvgIpc) is 2.78. The van der Waals surface area contributed by atoms with Crippen molar-refractivity contribution >= 4 is 5.91 Å². The first-order valence-electron chi connectivity index (χ1n) is 9.69. The van der Waals surface area contributed by atoms with Crippen molar-refractivity contribution in [2.45, 2.75) is 38.3 Å². The molecule has 1 N–H and O–H groups in total. The second-order valence-corrected chi connectivity index (χ2v) is 7.76. The second-order valence-electron chi connectivity index (χ2n) is 7.76. The summed E-state index contributed by atoms with van der Waals surface area (Å²) in [7, 11) is 2.10. The molecule has 0 atom stereocenters. The van der Waals surface area contributed by atoms with Crippen molar-refractivity contribution in [2.75, 3.05) is 46.4 Å². The van der Waals surface area contributed by atoms with Gasteiger partial charge in [-0.05, 0) is 56.5 Å². The molecule has 3 heterocycles.